The van der Waals surface area contributed by atoms with Gasteiger partial charge >= 0.3 is 5.97 Å². The lowest BCUT2D eigenvalue weighted by molar-refractivity contribution is 0.0606. The summed E-state index contributed by atoms with van der Waals surface area (Å²) in [6, 6.07) is 1.80. The van der Waals surface area contributed by atoms with E-state index in [0.29, 0.717) is 9.88 Å². The standard InChI is InChI=1S/C9H8ClN3O2S/c1-13-5(3-4-11-13)8-12-7(10)6(16-8)9(14)15-2/h3-4H,1-2H3. The topological polar surface area (TPSA) is 57.0 Å². The van der Waals surface area contributed by atoms with E-state index in [1.807, 2.05) is 0 Å². The van der Waals surface area contributed by atoms with E-state index in [1.165, 1.54) is 18.4 Å². The number of hydrogen-bond acceptors (Lipinski definition) is 5. The van der Waals surface area contributed by atoms with Gasteiger partial charge in [0.1, 0.15) is 5.01 Å². The van der Waals surface area contributed by atoms with Gasteiger partial charge in [-0.05, 0) is 6.07 Å². The minimum atomic E-state index is -0.476. The fraction of sp³-hybridized carbons (Fsp3) is 0.222. The van der Waals surface area contributed by atoms with Gasteiger partial charge in [0.2, 0.25) is 0 Å². The first-order valence-electron chi connectivity index (χ1n) is 4.36. The number of aryl methyl sites for hydroxylation is 1. The van der Waals surface area contributed by atoms with Crippen molar-refractivity contribution in [1.82, 2.24) is 14.8 Å². The Morgan fingerprint density at radius 3 is 2.94 bits per heavy atom. The van der Waals surface area contributed by atoms with Crippen molar-refractivity contribution in [2.24, 2.45) is 7.05 Å². The largest absolute Gasteiger partial charge is 0.465 e. The summed E-state index contributed by atoms with van der Waals surface area (Å²) in [5.74, 6) is -0.476. The summed E-state index contributed by atoms with van der Waals surface area (Å²) in [6.07, 6.45) is 1.66. The Bertz CT molecular complexity index is 535. The van der Waals surface area contributed by atoms with Crippen LogP contribution in [0.25, 0.3) is 10.7 Å². The van der Waals surface area contributed by atoms with E-state index in [0.717, 1.165) is 5.69 Å². The Kier molecular flexibility index (Phi) is 2.93. The molecule has 0 radical (unpaired) electrons. The molecular formula is C9H8ClN3O2S. The third-order valence-corrected chi connectivity index (χ3v) is 3.44. The monoisotopic (exact) mass is 257 g/mol. The molecule has 0 bridgehead atoms. The number of hydrogen-bond donors (Lipinski definition) is 0. The molecule has 0 aliphatic carbocycles. The van der Waals surface area contributed by atoms with E-state index >= 15 is 0 Å². The highest BCUT2D eigenvalue weighted by molar-refractivity contribution is 7.17. The Morgan fingerprint density at radius 2 is 2.38 bits per heavy atom. The summed E-state index contributed by atoms with van der Waals surface area (Å²) >= 11 is 7.04. The van der Waals surface area contributed by atoms with Crippen molar-refractivity contribution >= 4 is 28.9 Å². The summed E-state index contributed by atoms with van der Waals surface area (Å²) in [7, 11) is 3.10. The van der Waals surface area contributed by atoms with Crippen LogP contribution >= 0.6 is 22.9 Å². The first-order chi connectivity index (χ1) is 7.63. The number of rotatable bonds is 2. The highest BCUT2D eigenvalue weighted by Crippen LogP contribution is 2.30. The molecular weight excluding hydrogens is 250 g/mol. The molecule has 0 spiro atoms. The van der Waals surface area contributed by atoms with E-state index in [9.17, 15) is 4.79 Å². The van der Waals surface area contributed by atoms with E-state index in [-0.39, 0.29) is 5.15 Å². The van der Waals surface area contributed by atoms with Gasteiger partial charge in [-0.2, -0.15) is 5.10 Å². The highest BCUT2D eigenvalue weighted by Gasteiger charge is 2.19. The molecule has 0 N–H and O–H groups in total. The molecule has 7 heteroatoms. The van der Waals surface area contributed by atoms with Crippen molar-refractivity contribution < 1.29 is 9.53 Å². The molecule has 0 aliphatic rings. The molecule has 2 aromatic rings. The van der Waals surface area contributed by atoms with Crippen molar-refractivity contribution in [3.8, 4) is 10.7 Å². The van der Waals surface area contributed by atoms with Crippen LogP contribution < -0.4 is 0 Å². The fourth-order valence-electron chi connectivity index (χ4n) is 1.21. The molecule has 0 unspecified atom stereocenters. The summed E-state index contributed by atoms with van der Waals surface area (Å²) in [5.41, 5.74) is 0.807. The van der Waals surface area contributed by atoms with Crippen LogP contribution in [0.2, 0.25) is 5.15 Å². The molecule has 84 valence electrons. The Morgan fingerprint density at radius 1 is 1.62 bits per heavy atom. The number of esters is 1. The smallest absolute Gasteiger partial charge is 0.351 e. The fourth-order valence-corrected chi connectivity index (χ4v) is 2.47. The molecule has 2 aromatic heterocycles. The van der Waals surface area contributed by atoms with Gasteiger partial charge in [-0.15, -0.1) is 11.3 Å². The third-order valence-electron chi connectivity index (χ3n) is 2.00. The molecule has 0 saturated carbocycles. The average Bonchev–Trinajstić information content (AvgIpc) is 2.83. The second kappa shape index (κ2) is 4.23. The van der Waals surface area contributed by atoms with Crippen LogP contribution in [0.15, 0.2) is 12.3 Å². The number of aromatic nitrogens is 3. The van der Waals surface area contributed by atoms with Crippen molar-refractivity contribution in [3.63, 3.8) is 0 Å². The Balaban J connectivity index is 2.46. The number of carbonyl (C=O) groups excluding carboxylic acids is 1. The number of ether oxygens (including phenoxy) is 1. The molecule has 0 saturated heterocycles. The lowest BCUT2D eigenvalue weighted by Gasteiger charge is -1.95. The van der Waals surface area contributed by atoms with Crippen LogP contribution in [0.3, 0.4) is 0 Å². The number of nitrogens with zero attached hydrogens (tertiary/aromatic N) is 3. The third kappa shape index (κ3) is 1.81. The van der Waals surface area contributed by atoms with Gasteiger partial charge in [0.05, 0.1) is 12.8 Å². The molecule has 0 aliphatic heterocycles. The van der Waals surface area contributed by atoms with Crippen LogP contribution in [0.4, 0.5) is 0 Å². The second-order valence-electron chi connectivity index (χ2n) is 2.97. The average molecular weight is 258 g/mol. The molecule has 0 atom stereocenters. The van der Waals surface area contributed by atoms with E-state index in [4.69, 9.17) is 11.6 Å². The van der Waals surface area contributed by atoms with E-state index in [2.05, 4.69) is 14.8 Å². The van der Waals surface area contributed by atoms with Crippen LogP contribution in [0.1, 0.15) is 9.67 Å². The second-order valence-corrected chi connectivity index (χ2v) is 4.33. The lowest BCUT2D eigenvalue weighted by atomic mass is 10.4. The first kappa shape index (κ1) is 11.1. The van der Waals surface area contributed by atoms with Crippen LogP contribution in [0, 0.1) is 0 Å². The predicted molar refractivity (Wildman–Crippen MR) is 60.7 cm³/mol. The molecule has 0 amide bonds. The maximum atomic E-state index is 11.3. The minimum Gasteiger partial charge on any atom is -0.465 e. The zero-order valence-electron chi connectivity index (χ0n) is 8.60. The van der Waals surface area contributed by atoms with Crippen LogP contribution in [-0.2, 0) is 11.8 Å². The van der Waals surface area contributed by atoms with Crippen molar-refractivity contribution in [2.45, 2.75) is 0 Å². The van der Waals surface area contributed by atoms with Crippen LogP contribution in [-0.4, -0.2) is 27.8 Å². The Hall–Kier alpha value is -1.40. The van der Waals surface area contributed by atoms with Crippen molar-refractivity contribution in [2.75, 3.05) is 7.11 Å². The summed E-state index contributed by atoms with van der Waals surface area (Å²) < 4.78 is 6.27. The maximum absolute atomic E-state index is 11.3. The molecule has 0 aromatic carbocycles. The quantitative estimate of drug-likeness (QED) is 0.772. The van der Waals surface area contributed by atoms with Gasteiger partial charge in [0.25, 0.3) is 0 Å². The summed E-state index contributed by atoms with van der Waals surface area (Å²) in [4.78, 5) is 15.8. The molecule has 2 rings (SSSR count). The van der Waals surface area contributed by atoms with E-state index in [1.54, 1.807) is 24.0 Å². The highest BCUT2D eigenvalue weighted by atomic mass is 35.5. The molecule has 16 heavy (non-hydrogen) atoms. The zero-order chi connectivity index (χ0) is 11.7. The molecule has 2 heterocycles. The first-order valence-corrected chi connectivity index (χ1v) is 5.56. The maximum Gasteiger partial charge on any atom is 0.351 e. The van der Waals surface area contributed by atoms with Crippen molar-refractivity contribution in [3.05, 3.63) is 22.3 Å². The number of methoxy groups -OCH3 is 1. The van der Waals surface area contributed by atoms with Crippen molar-refractivity contribution in [1.29, 1.82) is 0 Å². The van der Waals surface area contributed by atoms with Gasteiger partial charge in [-0.25, -0.2) is 9.78 Å². The van der Waals surface area contributed by atoms with Crippen LogP contribution in [0.5, 0.6) is 0 Å². The van der Waals surface area contributed by atoms with Gasteiger partial charge in [-0.1, -0.05) is 11.6 Å². The normalized spacial score (nSPS) is 10.4. The number of halogens is 1. The SMILES string of the molecule is COC(=O)c1sc(-c2ccnn2C)nc1Cl. The Labute approximate surface area is 101 Å². The summed E-state index contributed by atoms with van der Waals surface area (Å²) in [5, 5.41) is 4.83. The lowest BCUT2D eigenvalue weighted by Crippen LogP contribution is -1.98. The minimum absolute atomic E-state index is 0.160. The van der Waals surface area contributed by atoms with Gasteiger partial charge in [-0.3, -0.25) is 4.68 Å². The van der Waals surface area contributed by atoms with E-state index < -0.39 is 5.97 Å². The zero-order valence-corrected chi connectivity index (χ0v) is 10.2. The summed E-state index contributed by atoms with van der Waals surface area (Å²) in [6.45, 7) is 0. The van der Waals surface area contributed by atoms with Gasteiger partial charge in [0, 0.05) is 13.2 Å². The van der Waals surface area contributed by atoms with Gasteiger partial charge < -0.3 is 4.74 Å². The number of carbonyl (C=O) groups is 1. The molecule has 0 fully saturated rings. The molecule has 5 nitrogen and oxygen atoms in total. The predicted octanol–water partition coefficient (Wildman–Crippen LogP) is 1.98. The number of thiazole rings is 1. The van der Waals surface area contributed by atoms with Gasteiger partial charge in [0.15, 0.2) is 10.0 Å².